The maximum atomic E-state index is 12.3. The van der Waals surface area contributed by atoms with Gasteiger partial charge in [-0.1, -0.05) is 13.8 Å². The molecule has 1 saturated carbocycles. The SMILES string of the molecule is CC(C)[C@H]1CC[C@@H](C(F)(F)F)CC1. The van der Waals surface area contributed by atoms with Crippen molar-refractivity contribution in [2.75, 3.05) is 0 Å². The maximum absolute atomic E-state index is 12.3. The molecule has 0 aromatic carbocycles. The van der Waals surface area contributed by atoms with Crippen LogP contribution in [0.1, 0.15) is 39.5 Å². The monoisotopic (exact) mass is 194 g/mol. The highest BCUT2D eigenvalue weighted by Gasteiger charge is 2.41. The third-order valence-corrected chi connectivity index (χ3v) is 3.18. The van der Waals surface area contributed by atoms with E-state index in [9.17, 15) is 13.2 Å². The van der Waals surface area contributed by atoms with E-state index < -0.39 is 12.1 Å². The van der Waals surface area contributed by atoms with Crippen molar-refractivity contribution in [2.45, 2.75) is 45.7 Å². The van der Waals surface area contributed by atoms with Gasteiger partial charge in [-0.2, -0.15) is 13.2 Å². The van der Waals surface area contributed by atoms with E-state index >= 15 is 0 Å². The van der Waals surface area contributed by atoms with E-state index in [1.807, 2.05) is 0 Å². The highest BCUT2D eigenvalue weighted by molar-refractivity contribution is 4.78. The first kappa shape index (κ1) is 10.9. The fourth-order valence-corrected chi connectivity index (χ4v) is 2.11. The Bertz CT molecular complexity index is 152. The molecular weight excluding hydrogens is 177 g/mol. The Hall–Kier alpha value is -0.210. The third-order valence-electron chi connectivity index (χ3n) is 3.18. The lowest BCUT2D eigenvalue weighted by molar-refractivity contribution is -0.184. The molecule has 0 heterocycles. The van der Waals surface area contributed by atoms with E-state index in [0.717, 1.165) is 12.8 Å². The minimum atomic E-state index is -3.96. The van der Waals surface area contributed by atoms with Gasteiger partial charge in [-0.15, -0.1) is 0 Å². The zero-order chi connectivity index (χ0) is 10.1. The van der Waals surface area contributed by atoms with Crippen LogP contribution in [0.4, 0.5) is 13.2 Å². The molecule has 3 heteroatoms. The minimum absolute atomic E-state index is 0.340. The van der Waals surface area contributed by atoms with Crippen molar-refractivity contribution in [3.05, 3.63) is 0 Å². The van der Waals surface area contributed by atoms with E-state index in [2.05, 4.69) is 13.8 Å². The fourth-order valence-electron chi connectivity index (χ4n) is 2.11. The number of alkyl halides is 3. The lowest BCUT2D eigenvalue weighted by Gasteiger charge is -2.31. The van der Waals surface area contributed by atoms with Gasteiger partial charge < -0.3 is 0 Å². The van der Waals surface area contributed by atoms with Crippen LogP contribution < -0.4 is 0 Å². The molecule has 0 saturated heterocycles. The summed E-state index contributed by atoms with van der Waals surface area (Å²) in [6, 6.07) is 0. The van der Waals surface area contributed by atoms with Crippen LogP contribution in [0.25, 0.3) is 0 Å². The summed E-state index contributed by atoms with van der Waals surface area (Å²) >= 11 is 0. The Morgan fingerprint density at radius 3 is 1.77 bits per heavy atom. The Balaban J connectivity index is 2.39. The molecule has 0 bridgehead atoms. The molecule has 1 fully saturated rings. The normalized spacial score (nSPS) is 30.9. The van der Waals surface area contributed by atoms with Gasteiger partial charge in [0.25, 0.3) is 0 Å². The van der Waals surface area contributed by atoms with Gasteiger partial charge in [0.2, 0.25) is 0 Å². The Morgan fingerprint density at radius 2 is 1.46 bits per heavy atom. The molecule has 0 unspecified atom stereocenters. The lowest BCUT2D eigenvalue weighted by atomic mass is 9.77. The molecule has 0 aliphatic heterocycles. The van der Waals surface area contributed by atoms with Gasteiger partial charge in [0.15, 0.2) is 0 Å². The molecular formula is C10H17F3. The molecule has 0 nitrogen and oxygen atoms in total. The molecule has 0 aromatic heterocycles. The number of hydrogen-bond donors (Lipinski definition) is 0. The molecule has 0 atom stereocenters. The van der Waals surface area contributed by atoms with Gasteiger partial charge in [-0.25, -0.2) is 0 Å². The van der Waals surface area contributed by atoms with Crippen molar-refractivity contribution < 1.29 is 13.2 Å². The molecule has 78 valence electrons. The Kier molecular flexibility index (Phi) is 3.25. The molecule has 0 aromatic rings. The largest absolute Gasteiger partial charge is 0.391 e. The molecule has 1 rings (SSSR count). The summed E-state index contributed by atoms with van der Waals surface area (Å²) in [6.45, 7) is 4.19. The highest BCUT2D eigenvalue weighted by atomic mass is 19.4. The van der Waals surface area contributed by atoms with Crippen LogP contribution in [0.5, 0.6) is 0 Å². The second kappa shape index (κ2) is 3.89. The summed E-state index contributed by atoms with van der Waals surface area (Å²) < 4.78 is 36.8. The van der Waals surface area contributed by atoms with Gasteiger partial charge in [-0.05, 0) is 37.5 Å². The van der Waals surface area contributed by atoms with E-state index in [-0.39, 0.29) is 0 Å². The maximum Gasteiger partial charge on any atom is 0.391 e. The fraction of sp³-hybridized carbons (Fsp3) is 1.00. The quantitative estimate of drug-likeness (QED) is 0.591. The van der Waals surface area contributed by atoms with E-state index in [4.69, 9.17) is 0 Å². The third kappa shape index (κ3) is 2.89. The molecule has 13 heavy (non-hydrogen) atoms. The molecule has 0 spiro atoms. The van der Waals surface area contributed by atoms with Crippen molar-refractivity contribution in [3.8, 4) is 0 Å². The molecule has 1 aliphatic carbocycles. The lowest BCUT2D eigenvalue weighted by Crippen LogP contribution is -2.29. The predicted octanol–water partition coefficient (Wildman–Crippen LogP) is 4.01. The van der Waals surface area contributed by atoms with Gasteiger partial charge >= 0.3 is 6.18 Å². The molecule has 0 radical (unpaired) electrons. The zero-order valence-corrected chi connectivity index (χ0v) is 8.19. The minimum Gasteiger partial charge on any atom is -0.171 e. The van der Waals surface area contributed by atoms with Crippen molar-refractivity contribution in [1.82, 2.24) is 0 Å². The van der Waals surface area contributed by atoms with Crippen LogP contribution in [-0.2, 0) is 0 Å². The van der Waals surface area contributed by atoms with Crippen LogP contribution in [0.15, 0.2) is 0 Å². The van der Waals surface area contributed by atoms with Crippen molar-refractivity contribution in [3.63, 3.8) is 0 Å². The summed E-state index contributed by atoms with van der Waals surface area (Å²) in [5.41, 5.74) is 0. The number of halogens is 3. The zero-order valence-electron chi connectivity index (χ0n) is 8.19. The van der Waals surface area contributed by atoms with Gasteiger partial charge in [0.1, 0.15) is 0 Å². The molecule has 1 aliphatic rings. The smallest absolute Gasteiger partial charge is 0.171 e. The molecule has 0 amide bonds. The number of rotatable bonds is 1. The second-order valence-electron chi connectivity index (χ2n) is 4.40. The summed E-state index contributed by atoms with van der Waals surface area (Å²) in [4.78, 5) is 0. The second-order valence-corrected chi connectivity index (χ2v) is 4.40. The Labute approximate surface area is 77.5 Å². The van der Waals surface area contributed by atoms with Gasteiger partial charge in [0.05, 0.1) is 5.92 Å². The first-order valence-corrected chi connectivity index (χ1v) is 4.98. The van der Waals surface area contributed by atoms with Gasteiger partial charge in [-0.3, -0.25) is 0 Å². The van der Waals surface area contributed by atoms with Crippen LogP contribution in [-0.4, -0.2) is 6.18 Å². The predicted molar refractivity (Wildman–Crippen MR) is 46.3 cm³/mol. The summed E-state index contributed by atoms with van der Waals surface area (Å²) in [7, 11) is 0. The number of hydrogen-bond acceptors (Lipinski definition) is 0. The summed E-state index contributed by atoms with van der Waals surface area (Å²) in [6.07, 6.45) is -1.77. The van der Waals surface area contributed by atoms with Crippen LogP contribution in [0.3, 0.4) is 0 Å². The Morgan fingerprint density at radius 1 is 1.00 bits per heavy atom. The van der Waals surface area contributed by atoms with Crippen LogP contribution in [0.2, 0.25) is 0 Å². The van der Waals surface area contributed by atoms with Crippen molar-refractivity contribution in [2.24, 2.45) is 17.8 Å². The van der Waals surface area contributed by atoms with Gasteiger partial charge in [0, 0.05) is 0 Å². The standard InChI is InChI=1S/C10H17F3/c1-7(2)8-3-5-9(6-4-8)10(11,12)13/h7-9H,3-6H2,1-2H3/t8-,9+. The van der Waals surface area contributed by atoms with Crippen LogP contribution in [0, 0.1) is 17.8 Å². The van der Waals surface area contributed by atoms with E-state index in [0.29, 0.717) is 24.7 Å². The van der Waals surface area contributed by atoms with Crippen molar-refractivity contribution in [1.29, 1.82) is 0 Å². The van der Waals surface area contributed by atoms with E-state index in [1.54, 1.807) is 0 Å². The van der Waals surface area contributed by atoms with Crippen molar-refractivity contribution >= 4 is 0 Å². The molecule has 0 N–H and O–H groups in total. The van der Waals surface area contributed by atoms with E-state index in [1.165, 1.54) is 0 Å². The topological polar surface area (TPSA) is 0 Å². The first-order valence-electron chi connectivity index (χ1n) is 4.98. The average molecular weight is 194 g/mol. The summed E-state index contributed by atoms with van der Waals surface area (Å²) in [5.74, 6) is 0.0234. The van der Waals surface area contributed by atoms with Crippen LogP contribution >= 0.6 is 0 Å². The average Bonchev–Trinajstić information content (AvgIpc) is 2.03. The highest BCUT2D eigenvalue weighted by Crippen LogP contribution is 2.41. The first-order chi connectivity index (χ1) is 5.91. The summed E-state index contributed by atoms with van der Waals surface area (Å²) in [5, 5.41) is 0.